The fourth-order valence-corrected chi connectivity index (χ4v) is 4.48. The molecule has 2 heterocycles. The number of fused-ring (bicyclic) bond motifs is 1. The summed E-state index contributed by atoms with van der Waals surface area (Å²) in [7, 11) is -2.84. The molecule has 2 aliphatic rings. The van der Waals surface area contributed by atoms with Crippen LogP contribution in [0.2, 0.25) is 0 Å². The summed E-state index contributed by atoms with van der Waals surface area (Å²) < 4.78 is 22.9. The van der Waals surface area contributed by atoms with Crippen LogP contribution in [0.25, 0.3) is 0 Å². The zero-order chi connectivity index (χ0) is 12.0. The normalized spacial score (nSPS) is 31.4. The van der Waals surface area contributed by atoms with Crippen LogP contribution in [0, 0.1) is 0 Å². The van der Waals surface area contributed by atoms with Crippen LogP contribution in [0.15, 0.2) is 0 Å². The Bertz CT molecular complexity index is 535. The third kappa shape index (κ3) is 2.11. The van der Waals surface area contributed by atoms with Crippen LogP contribution in [0.3, 0.4) is 0 Å². The molecule has 2 atom stereocenters. The standard InChI is InChI=1S/C11H17N3O2S/c12-8-1-2-9-10(5-8)14-11(13-9)7-3-4-17(15,16)6-7/h7-8H,1-6,12H2,(H,13,14). The number of aromatic nitrogens is 2. The second kappa shape index (κ2) is 3.81. The van der Waals surface area contributed by atoms with Crippen molar-refractivity contribution in [2.24, 2.45) is 5.73 Å². The van der Waals surface area contributed by atoms with Gasteiger partial charge in [0, 0.05) is 24.1 Å². The first-order valence-electron chi connectivity index (χ1n) is 6.07. The highest BCUT2D eigenvalue weighted by Crippen LogP contribution is 2.29. The van der Waals surface area contributed by atoms with Crippen molar-refractivity contribution < 1.29 is 8.42 Å². The average Bonchev–Trinajstić information content (AvgIpc) is 2.80. The van der Waals surface area contributed by atoms with Crippen LogP contribution in [0.5, 0.6) is 0 Å². The molecule has 1 fully saturated rings. The van der Waals surface area contributed by atoms with Crippen LogP contribution in [-0.4, -0.2) is 35.9 Å². The molecule has 0 saturated carbocycles. The molecule has 1 aromatic rings. The number of sulfone groups is 1. The van der Waals surface area contributed by atoms with Crippen molar-refractivity contribution in [3.63, 3.8) is 0 Å². The first kappa shape index (κ1) is 11.2. The summed E-state index contributed by atoms with van der Waals surface area (Å²) in [5.41, 5.74) is 8.11. The number of aromatic amines is 1. The number of nitrogens with one attached hydrogen (secondary N) is 1. The quantitative estimate of drug-likeness (QED) is 0.746. The monoisotopic (exact) mass is 255 g/mol. The number of aryl methyl sites for hydroxylation is 1. The van der Waals surface area contributed by atoms with Gasteiger partial charge >= 0.3 is 0 Å². The van der Waals surface area contributed by atoms with E-state index in [2.05, 4.69) is 9.97 Å². The van der Waals surface area contributed by atoms with E-state index in [9.17, 15) is 8.42 Å². The maximum Gasteiger partial charge on any atom is 0.151 e. The molecule has 2 unspecified atom stereocenters. The number of H-pyrrole nitrogens is 1. The van der Waals surface area contributed by atoms with Gasteiger partial charge in [-0.05, 0) is 19.3 Å². The van der Waals surface area contributed by atoms with Gasteiger partial charge in [-0.25, -0.2) is 13.4 Å². The number of hydrogen-bond acceptors (Lipinski definition) is 4. The van der Waals surface area contributed by atoms with E-state index in [0.717, 1.165) is 36.5 Å². The van der Waals surface area contributed by atoms with E-state index in [1.807, 2.05) is 0 Å². The minimum atomic E-state index is -2.84. The summed E-state index contributed by atoms with van der Waals surface area (Å²) in [6.45, 7) is 0. The van der Waals surface area contributed by atoms with Crippen molar-refractivity contribution in [2.45, 2.75) is 37.6 Å². The smallest absolute Gasteiger partial charge is 0.151 e. The van der Waals surface area contributed by atoms with Gasteiger partial charge in [0.05, 0.1) is 17.2 Å². The third-order valence-electron chi connectivity index (χ3n) is 3.72. The summed E-state index contributed by atoms with van der Waals surface area (Å²) in [6.07, 6.45) is 3.41. The number of imidazole rings is 1. The van der Waals surface area contributed by atoms with Gasteiger partial charge in [-0.15, -0.1) is 0 Å². The average molecular weight is 255 g/mol. The summed E-state index contributed by atoms with van der Waals surface area (Å²) in [5, 5.41) is 0. The zero-order valence-electron chi connectivity index (χ0n) is 9.65. The molecule has 3 rings (SSSR count). The number of rotatable bonds is 1. The molecule has 0 radical (unpaired) electrons. The first-order chi connectivity index (χ1) is 8.03. The Kier molecular flexibility index (Phi) is 2.52. The van der Waals surface area contributed by atoms with Gasteiger partial charge in [-0.3, -0.25) is 0 Å². The Morgan fingerprint density at radius 1 is 1.35 bits per heavy atom. The molecular formula is C11H17N3O2S. The van der Waals surface area contributed by atoms with E-state index in [1.165, 1.54) is 0 Å². The lowest BCUT2D eigenvalue weighted by molar-refractivity contribution is 0.565. The molecule has 0 aromatic carbocycles. The molecule has 3 N–H and O–H groups in total. The van der Waals surface area contributed by atoms with Crippen molar-refractivity contribution in [3.8, 4) is 0 Å². The summed E-state index contributed by atoms with van der Waals surface area (Å²) in [5.74, 6) is 1.44. The van der Waals surface area contributed by atoms with Crippen molar-refractivity contribution in [1.82, 2.24) is 9.97 Å². The highest BCUT2D eigenvalue weighted by molar-refractivity contribution is 7.91. The topological polar surface area (TPSA) is 88.8 Å². The van der Waals surface area contributed by atoms with Gasteiger partial charge in [0.25, 0.3) is 0 Å². The van der Waals surface area contributed by atoms with Crippen LogP contribution in [-0.2, 0) is 22.7 Å². The van der Waals surface area contributed by atoms with Crippen LogP contribution in [0.4, 0.5) is 0 Å². The van der Waals surface area contributed by atoms with E-state index >= 15 is 0 Å². The second-order valence-electron chi connectivity index (χ2n) is 5.15. The molecular weight excluding hydrogens is 238 g/mol. The number of nitrogens with zero attached hydrogens (tertiary/aromatic N) is 1. The minimum Gasteiger partial charge on any atom is -0.345 e. The van der Waals surface area contributed by atoms with Gasteiger partial charge in [0.15, 0.2) is 9.84 Å². The Labute approximate surface area is 101 Å². The van der Waals surface area contributed by atoms with Gasteiger partial charge in [0.1, 0.15) is 5.82 Å². The lowest BCUT2D eigenvalue weighted by Crippen LogP contribution is -2.27. The summed E-state index contributed by atoms with van der Waals surface area (Å²) >= 11 is 0. The van der Waals surface area contributed by atoms with Crippen molar-refractivity contribution in [1.29, 1.82) is 0 Å². The van der Waals surface area contributed by atoms with Crippen molar-refractivity contribution >= 4 is 9.84 Å². The predicted octanol–water partition coefficient (Wildman–Crippen LogP) is 0.128. The number of hydrogen-bond donors (Lipinski definition) is 2. The Morgan fingerprint density at radius 2 is 2.18 bits per heavy atom. The maximum atomic E-state index is 11.4. The minimum absolute atomic E-state index is 0.0572. The summed E-state index contributed by atoms with van der Waals surface area (Å²) in [6, 6.07) is 0.211. The Hall–Kier alpha value is -0.880. The van der Waals surface area contributed by atoms with E-state index in [4.69, 9.17) is 5.73 Å². The molecule has 1 aliphatic heterocycles. The highest BCUT2D eigenvalue weighted by atomic mass is 32.2. The number of nitrogens with two attached hydrogens (primary N) is 1. The maximum absolute atomic E-state index is 11.4. The van der Waals surface area contributed by atoms with E-state index in [0.29, 0.717) is 12.2 Å². The molecule has 1 saturated heterocycles. The van der Waals surface area contributed by atoms with E-state index < -0.39 is 9.84 Å². The van der Waals surface area contributed by atoms with E-state index in [-0.39, 0.29) is 17.7 Å². The van der Waals surface area contributed by atoms with Gasteiger partial charge in [0.2, 0.25) is 0 Å². The highest BCUT2D eigenvalue weighted by Gasteiger charge is 2.32. The predicted molar refractivity (Wildman–Crippen MR) is 64.6 cm³/mol. The molecule has 5 nitrogen and oxygen atoms in total. The van der Waals surface area contributed by atoms with Crippen LogP contribution in [0.1, 0.15) is 36.0 Å². The third-order valence-corrected chi connectivity index (χ3v) is 5.49. The molecule has 1 aromatic heterocycles. The summed E-state index contributed by atoms with van der Waals surface area (Å²) in [4.78, 5) is 7.85. The fraction of sp³-hybridized carbons (Fsp3) is 0.727. The zero-order valence-corrected chi connectivity index (χ0v) is 10.5. The molecule has 94 valence electrons. The van der Waals surface area contributed by atoms with Crippen molar-refractivity contribution in [3.05, 3.63) is 17.2 Å². The van der Waals surface area contributed by atoms with Gasteiger partial charge in [-0.1, -0.05) is 0 Å². The molecule has 0 bridgehead atoms. The Balaban J connectivity index is 1.86. The fourth-order valence-electron chi connectivity index (χ4n) is 2.73. The molecule has 0 amide bonds. The Morgan fingerprint density at radius 3 is 2.88 bits per heavy atom. The SMILES string of the molecule is NC1CCc2nc(C3CCS(=O)(=O)C3)[nH]c2C1. The molecule has 17 heavy (non-hydrogen) atoms. The first-order valence-corrected chi connectivity index (χ1v) is 7.89. The van der Waals surface area contributed by atoms with Crippen LogP contribution >= 0.6 is 0 Å². The second-order valence-corrected chi connectivity index (χ2v) is 7.38. The van der Waals surface area contributed by atoms with Crippen molar-refractivity contribution in [2.75, 3.05) is 11.5 Å². The van der Waals surface area contributed by atoms with Gasteiger partial charge in [-0.2, -0.15) is 0 Å². The van der Waals surface area contributed by atoms with Gasteiger partial charge < -0.3 is 10.7 Å². The van der Waals surface area contributed by atoms with Crippen LogP contribution < -0.4 is 5.73 Å². The largest absolute Gasteiger partial charge is 0.345 e. The molecule has 1 aliphatic carbocycles. The lowest BCUT2D eigenvalue weighted by atomic mass is 9.97. The van der Waals surface area contributed by atoms with E-state index in [1.54, 1.807) is 0 Å². The lowest BCUT2D eigenvalue weighted by Gasteiger charge is -2.16. The molecule has 6 heteroatoms. The molecule has 0 spiro atoms.